The molecule has 1 fully saturated rings. The van der Waals surface area contributed by atoms with Gasteiger partial charge in [0.05, 0.1) is 10.7 Å². The van der Waals surface area contributed by atoms with Crippen LogP contribution in [-0.4, -0.2) is 16.6 Å². The molecule has 3 nitrogen and oxygen atoms in total. The molecule has 146 valence electrons. The third kappa shape index (κ3) is 3.56. The summed E-state index contributed by atoms with van der Waals surface area (Å²) in [6, 6.07) is 2.50. The summed E-state index contributed by atoms with van der Waals surface area (Å²) in [6.07, 6.45) is 1.38. The number of aliphatic hydroxyl groups is 1. The molecule has 0 amide bonds. The molecule has 1 aliphatic carbocycles. The van der Waals surface area contributed by atoms with Gasteiger partial charge in [0.2, 0.25) is 0 Å². The molecule has 1 heterocycles. The predicted octanol–water partition coefficient (Wildman–Crippen LogP) is 4.58. The molecule has 2 aromatic rings. The van der Waals surface area contributed by atoms with Crippen LogP contribution in [0.3, 0.4) is 0 Å². The van der Waals surface area contributed by atoms with Gasteiger partial charge in [0.25, 0.3) is 0 Å². The maximum Gasteiger partial charge on any atom is 0.155 e. The highest BCUT2D eigenvalue weighted by molar-refractivity contribution is 6.31. The number of benzene rings is 1. The summed E-state index contributed by atoms with van der Waals surface area (Å²) >= 11 is 5.70. The molecule has 1 aromatic heterocycles. The molecule has 0 radical (unpaired) electrons. The minimum Gasteiger partial charge on any atom is -0.382 e. The molecule has 0 bridgehead atoms. The van der Waals surface area contributed by atoms with Crippen molar-refractivity contribution in [2.45, 2.75) is 38.0 Å². The molecular formula is C19H19ClF4N2O. The average molecular weight is 403 g/mol. The third-order valence-corrected chi connectivity index (χ3v) is 5.16. The van der Waals surface area contributed by atoms with Crippen LogP contribution in [0.1, 0.15) is 37.9 Å². The van der Waals surface area contributed by atoms with Gasteiger partial charge in [-0.3, -0.25) is 0 Å². The van der Waals surface area contributed by atoms with Gasteiger partial charge in [-0.2, -0.15) is 0 Å². The molecule has 3 rings (SSSR count). The van der Waals surface area contributed by atoms with E-state index < -0.39 is 50.6 Å². The molecule has 8 heteroatoms. The first-order chi connectivity index (χ1) is 12.5. The second kappa shape index (κ2) is 6.72. The van der Waals surface area contributed by atoms with Crippen molar-refractivity contribution in [2.24, 2.45) is 11.7 Å². The van der Waals surface area contributed by atoms with Crippen LogP contribution < -0.4 is 5.73 Å². The average Bonchev–Trinajstić information content (AvgIpc) is 3.42. The SMILES string of the molecule is CC(C)(F)c1cc([C@@](O)(CN)C2CC2)nc(-c2cc(Cl)c(F)cc2F)c1F. The van der Waals surface area contributed by atoms with Gasteiger partial charge in [0, 0.05) is 23.7 Å². The lowest BCUT2D eigenvalue weighted by molar-refractivity contribution is 0.0176. The summed E-state index contributed by atoms with van der Waals surface area (Å²) in [4.78, 5) is 4.06. The monoisotopic (exact) mass is 402 g/mol. The molecule has 0 spiro atoms. The third-order valence-electron chi connectivity index (χ3n) is 4.87. The lowest BCUT2D eigenvalue weighted by atomic mass is 9.88. The highest BCUT2D eigenvalue weighted by Crippen LogP contribution is 2.46. The summed E-state index contributed by atoms with van der Waals surface area (Å²) in [5, 5.41) is 10.5. The quantitative estimate of drug-likeness (QED) is 0.568. The van der Waals surface area contributed by atoms with Crippen LogP contribution in [-0.2, 0) is 11.3 Å². The van der Waals surface area contributed by atoms with E-state index in [1.54, 1.807) is 0 Å². The van der Waals surface area contributed by atoms with Crippen LogP contribution in [0.5, 0.6) is 0 Å². The zero-order chi connectivity index (χ0) is 20.1. The molecule has 1 aliphatic rings. The van der Waals surface area contributed by atoms with E-state index in [2.05, 4.69) is 4.98 Å². The molecule has 0 aliphatic heterocycles. The number of hydrogen-bond acceptors (Lipinski definition) is 3. The first kappa shape index (κ1) is 20.0. The number of rotatable bonds is 5. The van der Waals surface area contributed by atoms with Gasteiger partial charge >= 0.3 is 0 Å². The Morgan fingerprint density at radius 1 is 1.19 bits per heavy atom. The summed E-state index contributed by atoms with van der Waals surface area (Å²) < 4.78 is 57.5. The number of halogens is 5. The van der Waals surface area contributed by atoms with E-state index >= 15 is 4.39 Å². The Kier molecular flexibility index (Phi) is 4.99. The first-order valence-electron chi connectivity index (χ1n) is 8.46. The van der Waals surface area contributed by atoms with E-state index in [0.29, 0.717) is 18.9 Å². The maximum atomic E-state index is 15.0. The molecule has 0 unspecified atom stereocenters. The Bertz CT molecular complexity index is 896. The van der Waals surface area contributed by atoms with E-state index in [1.807, 2.05) is 0 Å². The maximum absolute atomic E-state index is 15.0. The predicted molar refractivity (Wildman–Crippen MR) is 94.4 cm³/mol. The molecule has 1 saturated carbocycles. The van der Waals surface area contributed by atoms with Crippen LogP contribution in [0.25, 0.3) is 11.3 Å². The summed E-state index contributed by atoms with van der Waals surface area (Å²) in [7, 11) is 0. The van der Waals surface area contributed by atoms with Crippen LogP contribution in [0.4, 0.5) is 17.6 Å². The molecular weight excluding hydrogens is 384 g/mol. The van der Waals surface area contributed by atoms with Crippen molar-refractivity contribution < 1.29 is 22.7 Å². The summed E-state index contributed by atoms with van der Waals surface area (Å²) in [6.45, 7) is 2.05. The van der Waals surface area contributed by atoms with Crippen molar-refractivity contribution in [3.05, 3.63) is 51.9 Å². The van der Waals surface area contributed by atoms with E-state index in [9.17, 15) is 18.3 Å². The number of hydrogen-bond donors (Lipinski definition) is 2. The number of aromatic nitrogens is 1. The Morgan fingerprint density at radius 3 is 2.33 bits per heavy atom. The second-order valence-electron chi connectivity index (χ2n) is 7.34. The van der Waals surface area contributed by atoms with Crippen molar-refractivity contribution in [2.75, 3.05) is 6.54 Å². The summed E-state index contributed by atoms with van der Waals surface area (Å²) in [5.41, 5.74) is 0.536. The fourth-order valence-corrected chi connectivity index (χ4v) is 3.27. The van der Waals surface area contributed by atoms with Crippen molar-refractivity contribution in [1.82, 2.24) is 4.98 Å². The van der Waals surface area contributed by atoms with Gasteiger partial charge in [-0.15, -0.1) is 0 Å². The number of nitrogens with zero attached hydrogens (tertiary/aromatic N) is 1. The fraction of sp³-hybridized carbons (Fsp3) is 0.421. The molecule has 1 aromatic carbocycles. The Labute approximate surface area is 159 Å². The van der Waals surface area contributed by atoms with Crippen molar-refractivity contribution in [3.63, 3.8) is 0 Å². The van der Waals surface area contributed by atoms with Crippen LogP contribution >= 0.6 is 11.6 Å². The van der Waals surface area contributed by atoms with E-state index in [1.165, 1.54) is 0 Å². The number of alkyl halides is 1. The topological polar surface area (TPSA) is 59.1 Å². The molecule has 0 saturated heterocycles. The van der Waals surface area contributed by atoms with Crippen molar-refractivity contribution in [1.29, 1.82) is 0 Å². The zero-order valence-corrected chi connectivity index (χ0v) is 15.5. The summed E-state index contributed by atoms with van der Waals surface area (Å²) in [5.74, 6) is -3.43. The van der Waals surface area contributed by atoms with Gasteiger partial charge in [-0.1, -0.05) is 11.6 Å². The van der Waals surface area contributed by atoms with Crippen LogP contribution in [0, 0.1) is 23.4 Å². The fourth-order valence-electron chi connectivity index (χ4n) is 3.11. The van der Waals surface area contributed by atoms with Gasteiger partial charge in [-0.25, -0.2) is 22.5 Å². The van der Waals surface area contributed by atoms with Gasteiger partial charge in [0.15, 0.2) is 5.82 Å². The van der Waals surface area contributed by atoms with Crippen molar-refractivity contribution >= 4 is 11.6 Å². The lowest BCUT2D eigenvalue weighted by Crippen LogP contribution is -2.38. The van der Waals surface area contributed by atoms with Gasteiger partial charge in [0.1, 0.15) is 28.6 Å². The number of nitrogens with two attached hydrogens (primary N) is 1. The Morgan fingerprint density at radius 2 is 1.81 bits per heavy atom. The Hall–Kier alpha value is -1.70. The highest BCUT2D eigenvalue weighted by atomic mass is 35.5. The number of pyridine rings is 1. The molecule has 1 atom stereocenters. The highest BCUT2D eigenvalue weighted by Gasteiger charge is 2.46. The largest absolute Gasteiger partial charge is 0.382 e. The minimum absolute atomic E-state index is 0.0514. The van der Waals surface area contributed by atoms with Gasteiger partial charge in [-0.05, 0) is 44.7 Å². The minimum atomic E-state index is -2.14. The van der Waals surface area contributed by atoms with Crippen molar-refractivity contribution in [3.8, 4) is 11.3 Å². The van der Waals surface area contributed by atoms with Gasteiger partial charge < -0.3 is 10.8 Å². The normalized spacial score (nSPS) is 17.1. The second-order valence-corrected chi connectivity index (χ2v) is 7.75. The van der Waals surface area contributed by atoms with Crippen LogP contribution in [0.2, 0.25) is 5.02 Å². The Balaban J connectivity index is 2.31. The van der Waals surface area contributed by atoms with E-state index in [0.717, 1.165) is 26.0 Å². The van der Waals surface area contributed by atoms with E-state index in [4.69, 9.17) is 17.3 Å². The smallest absolute Gasteiger partial charge is 0.155 e. The van der Waals surface area contributed by atoms with Crippen LogP contribution in [0.15, 0.2) is 18.2 Å². The first-order valence-corrected chi connectivity index (χ1v) is 8.84. The lowest BCUT2D eigenvalue weighted by Gasteiger charge is -2.28. The van der Waals surface area contributed by atoms with E-state index in [-0.39, 0.29) is 18.2 Å². The molecule has 3 N–H and O–H groups in total. The molecule has 27 heavy (non-hydrogen) atoms. The zero-order valence-electron chi connectivity index (χ0n) is 14.8. The standard InChI is InChI=1S/C19H19ClF4N2O/c1-18(2,24)11-6-15(19(27,8-25)9-3-4-9)26-17(16(11)23)10-5-12(20)14(22)7-13(10)21/h5-7,9,27H,3-4,8,25H2,1-2H3/t19-/m1/s1.